The molecule has 0 saturated carbocycles. The third-order valence-electron chi connectivity index (χ3n) is 3.65. The van der Waals surface area contributed by atoms with Crippen molar-refractivity contribution in [3.8, 4) is 0 Å². The fourth-order valence-corrected chi connectivity index (χ4v) is 2.45. The molecule has 0 aromatic heterocycles. The number of amides is 1. The number of hydrogen-bond donors (Lipinski definition) is 0. The van der Waals surface area contributed by atoms with Gasteiger partial charge in [-0.3, -0.25) is 0 Å². The molecule has 1 amide bonds. The Morgan fingerprint density at radius 2 is 1.58 bits per heavy atom. The first-order valence-electron chi connectivity index (χ1n) is 7.82. The summed E-state index contributed by atoms with van der Waals surface area (Å²) in [6, 6.07) is 11.9. The van der Waals surface area contributed by atoms with Gasteiger partial charge in [0.15, 0.2) is 0 Å². The van der Waals surface area contributed by atoms with Gasteiger partial charge in [-0.25, -0.2) is 4.79 Å². The van der Waals surface area contributed by atoms with Gasteiger partial charge in [0.05, 0.1) is 17.9 Å². The number of carbonyl (C=O) groups is 1. The van der Waals surface area contributed by atoms with Crippen LogP contribution in [0.5, 0.6) is 0 Å². The van der Waals surface area contributed by atoms with Gasteiger partial charge in [-0.1, -0.05) is 12.1 Å². The minimum absolute atomic E-state index is 0.218. The van der Waals surface area contributed by atoms with Gasteiger partial charge in [0.25, 0.3) is 0 Å². The molecule has 0 atom stereocenters. The molecule has 8 heteroatoms. The van der Waals surface area contributed by atoms with Gasteiger partial charge in [-0.15, -0.1) is 0 Å². The summed E-state index contributed by atoms with van der Waals surface area (Å²) in [6.45, 7) is 2.33. The van der Waals surface area contributed by atoms with Crippen LogP contribution in [-0.2, 0) is 17.5 Å². The standard InChI is InChI=1S/C18H18ClF3N2O2/c1-3-26-17(25)24(19)16-10-8-15(9-11-16)23(2)12-13-4-6-14(7-5-13)18(20,21)22/h4-11H,3,12H2,1-2H3. The molecule has 0 aliphatic carbocycles. The second kappa shape index (κ2) is 8.31. The molecule has 0 spiro atoms. The summed E-state index contributed by atoms with van der Waals surface area (Å²) >= 11 is 5.90. The second-order valence-electron chi connectivity index (χ2n) is 5.55. The van der Waals surface area contributed by atoms with Crippen LogP contribution >= 0.6 is 11.8 Å². The smallest absolute Gasteiger partial charge is 0.429 e. The molecule has 0 aliphatic heterocycles. The van der Waals surface area contributed by atoms with Crippen LogP contribution in [0, 0.1) is 0 Å². The summed E-state index contributed by atoms with van der Waals surface area (Å²) in [6.07, 6.45) is -5.01. The number of nitrogens with zero attached hydrogens (tertiary/aromatic N) is 2. The third-order valence-corrected chi connectivity index (χ3v) is 3.98. The fourth-order valence-electron chi connectivity index (χ4n) is 2.29. The van der Waals surface area contributed by atoms with E-state index in [1.165, 1.54) is 12.1 Å². The molecule has 0 saturated heterocycles. The number of halogens is 4. The van der Waals surface area contributed by atoms with E-state index in [2.05, 4.69) is 0 Å². The van der Waals surface area contributed by atoms with Crippen LogP contribution in [0.1, 0.15) is 18.1 Å². The Morgan fingerprint density at radius 3 is 2.08 bits per heavy atom. The first kappa shape index (κ1) is 19.9. The highest BCUT2D eigenvalue weighted by Gasteiger charge is 2.29. The van der Waals surface area contributed by atoms with E-state index in [0.717, 1.165) is 27.8 Å². The van der Waals surface area contributed by atoms with Crippen LogP contribution in [0.3, 0.4) is 0 Å². The highest BCUT2D eigenvalue weighted by atomic mass is 35.5. The molecule has 2 rings (SSSR count). The van der Waals surface area contributed by atoms with Crippen LogP contribution in [0.4, 0.5) is 29.3 Å². The van der Waals surface area contributed by atoms with Crippen LogP contribution in [0.15, 0.2) is 48.5 Å². The predicted octanol–water partition coefficient (Wildman–Crippen LogP) is 5.46. The highest BCUT2D eigenvalue weighted by molar-refractivity contribution is 6.35. The maximum atomic E-state index is 12.6. The third kappa shape index (κ3) is 5.05. The zero-order valence-corrected chi connectivity index (χ0v) is 15.0. The Balaban J connectivity index is 2.03. The van der Waals surface area contributed by atoms with Gasteiger partial charge >= 0.3 is 12.3 Å². The molecule has 0 unspecified atom stereocenters. The van der Waals surface area contributed by atoms with Gasteiger partial charge in [0.1, 0.15) is 0 Å². The summed E-state index contributed by atoms with van der Waals surface area (Å²) < 4.78 is 43.5. The quantitative estimate of drug-likeness (QED) is 0.640. The molecule has 0 heterocycles. The summed E-state index contributed by atoms with van der Waals surface area (Å²) in [5, 5.41) is 0. The number of carbonyl (C=O) groups excluding carboxylic acids is 1. The van der Waals surface area contributed by atoms with E-state index in [1.807, 2.05) is 11.9 Å². The summed E-state index contributed by atoms with van der Waals surface area (Å²) in [5.41, 5.74) is 1.35. The van der Waals surface area contributed by atoms with Crippen molar-refractivity contribution in [2.45, 2.75) is 19.6 Å². The summed E-state index contributed by atoms with van der Waals surface area (Å²) in [4.78, 5) is 13.5. The largest absolute Gasteiger partial charge is 0.449 e. The van der Waals surface area contributed by atoms with Crippen molar-refractivity contribution < 1.29 is 22.7 Å². The van der Waals surface area contributed by atoms with Gasteiger partial charge in [-0.05, 0) is 48.9 Å². The van der Waals surface area contributed by atoms with E-state index in [1.54, 1.807) is 31.2 Å². The average Bonchev–Trinajstić information content (AvgIpc) is 2.61. The van der Waals surface area contributed by atoms with Gasteiger partial charge < -0.3 is 9.64 Å². The Hall–Kier alpha value is -2.41. The number of hydrogen-bond acceptors (Lipinski definition) is 3. The van der Waals surface area contributed by atoms with Gasteiger partial charge in [0.2, 0.25) is 0 Å². The van der Waals surface area contributed by atoms with Gasteiger partial charge in [0, 0.05) is 31.1 Å². The van der Waals surface area contributed by atoms with E-state index in [-0.39, 0.29) is 6.61 Å². The van der Waals surface area contributed by atoms with Crippen molar-refractivity contribution >= 4 is 29.2 Å². The van der Waals surface area contributed by atoms with E-state index in [9.17, 15) is 18.0 Å². The number of ether oxygens (including phenoxy) is 1. The molecule has 26 heavy (non-hydrogen) atoms. The minimum atomic E-state index is -4.34. The van der Waals surface area contributed by atoms with Crippen molar-refractivity contribution in [3.63, 3.8) is 0 Å². The van der Waals surface area contributed by atoms with E-state index in [0.29, 0.717) is 12.2 Å². The predicted molar refractivity (Wildman–Crippen MR) is 95.3 cm³/mol. The monoisotopic (exact) mass is 386 g/mol. The first-order chi connectivity index (χ1) is 12.2. The lowest BCUT2D eigenvalue weighted by atomic mass is 10.1. The molecule has 140 valence electrons. The number of anilines is 2. The number of rotatable bonds is 5. The average molecular weight is 387 g/mol. The molecular formula is C18H18ClF3N2O2. The Labute approximate surface area is 154 Å². The van der Waals surface area contributed by atoms with Crippen LogP contribution in [0.2, 0.25) is 0 Å². The Bertz CT molecular complexity index is 734. The topological polar surface area (TPSA) is 32.8 Å². The second-order valence-corrected chi connectivity index (χ2v) is 5.88. The summed E-state index contributed by atoms with van der Waals surface area (Å²) in [7, 11) is 1.82. The Kier molecular flexibility index (Phi) is 6.37. The lowest BCUT2D eigenvalue weighted by molar-refractivity contribution is -0.137. The normalized spacial score (nSPS) is 11.2. The van der Waals surface area contributed by atoms with E-state index < -0.39 is 17.8 Å². The van der Waals surface area contributed by atoms with Crippen LogP contribution in [-0.4, -0.2) is 19.7 Å². The maximum absolute atomic E-state index is 12.6. The molecule has 4 nitrogen and oxygen atoms in total. The summed E-state index contributed by atoms with van der Waals surface area (Å²) in [5.74, 6) is 0. The van der Waals surface area contributed by atoms with E-state index >= 15 is 0 Å². The van der Waals surface area contributed by atoms with Crippen molar-refractivity contribution in [1.29, 1.82) is 0 Å². The molecule has 2 aromatic rings. The zero-order chi connectivity index (χ0) is 19.3. The molecule has 0 aliphatic rings. The minimum Gasteiger partial charge on any atom is -0.449 e. The number of alkyl halides is 3. The fraction of sp³-hybridized carbons (Fsp3) is 0.278. The maximum Gasteiger partial charge on any atom is 0.429 e. The van der Waals surface area contributed by atoms with Crippen molar-refractivity contribution in [2.75, 3.05) is 23.0 Å². The molecule has 0 radical (unpaired) electrons. The molecule has 0 bridgehead atoms. The molecule has 0 fully saturated rings. The lowest BCUT2D eigenvalue weighted by Gasteiger charge is -2.21. The van der Waals surface area contributed by atoms with Crippen molar-refractivity contribution in [2.24, 2.45) is 0 Å². The van der Waals surface area contributed by atoms with Crippen molar-refractivity contribution in [3.05, 3.63) is 59.7 Å². The van der Waals surface area contributed by atoms with Crippen LogP contribution in [0.25, 0.3) is 0 Å². The molecular weight excluding hydrogens is 369 g/mol. The van der Waals surface area contributed by atoms with Gasteiger partial charge in [-0.2, -0.15) is 17.6 Å². The lowest BCUT2D eigenvalue weighted by Crippen LogP contribution is -2.22. The zero-order valence-electron chi connectivity index (χ0n) is 14.3. The SMILES string of the molecule is CCOC(=O)N(Cl)c1ccc(N(C)Cc2ccc(C(F)(F)F)cc2)cc1. The Morgan fingerprint density at radius 1 is 1.04 bits per heavy atom. The first-order valence-corrected chi connectivity index (χ1v) is 8.16. The van der Waals surface area contributed by atoms with E-state index in [4.69, 9.17) is 16.5 Å². The molecule has 2 aromatic carbocycles. The number of benzene rings is 2. The van der Waals surface area contributed by atoms with Crippen LogP contribution < -0.4 is 9.32 Å². The van der Waals surface area contributed by atoms with Crippen molar-refractivity contribution in [1.82, 2.24) is 0 Å². The molecule has 0 N–H and O–H groups in total. The highest BCUT2D eigenvalue weighted by Crippen LogP contribution is 2.29.